The summed E-state index contributed by atoms with van der Waals surface area (Å²) in [7, 11) is -3.61. The number of halogens is 1. The first-order valence-corrected chi connectivity index (χ1v) is 9.51. The Morgan fingerprint density at radius 3 is 2.71 bits per heavy atom. The second-order valence-corrected chi connectivity index (χ2v) is 7.62. The van der Waals surface area contributed by atoms with Crippen molar-refractivity contribution in [2.24, 2.45) is 0 Å². The largest absolute Gasteiger partial charge is 0.379 e. The van der Waals surface area contributed by atoms with Gasteiger partial charge in [0.05, 0.1) is 25.0 Å². The molecular weight excluding hydrogens is 333 g/mol. The van der Waals surface area contributed by atoms with Crippen LogP contribution in [-0.4, -0.2) is 63.6 Å². The molecule has 0 bridgehead atoms. The highest BCUT2D eigenvalue weighted by Gasteiger charge is 2.23. The predicted molar refractivity (Wildman–Crippen MR) is 88.1 cm³/mol. The minimum absolute atomic E-state index is 0.130. The molecule has 1 fully saturated rings. The van der Waals surface area contributed by atoms with E-state index >= 15 is 0 Å². The van der Waals surface area contributed by atoms with Crippen LogP contribution in [0, 0.1) is 17.1 Å². The zero-order valence-electron chi connectivity index (χ0n) is 13.5. The van der Waals surface area contributed by atoms with Crippen LogP contribution in [0.1, 0.15) is 12.0 Å². The van der Waals surface area contributed by atoms with E-state index in [2.05, 4.69) is 4.90 Å². The molecule has 0 aromatic heterocycles. The van der Waals surface area contributed by atoms with Gasteiger partial charge < -0.3 is 4.74 Å². The van der Waals surface area contributed by atoms with Gasteiger partial charge in [-0.3, -0.25) is 4.90 Å². The predicted octanol–water partition coefficient (Wildman–Crippen LogP) is 1.20. The molecule has 2 rings (SSSR count). The summed E-state index contributed by atoms with van der Waals surface area (Å²) in [5.74, 6) is -0.723. The highest BCUT2D eigenvalue weighted by atomic mass is 32.2. The lowest BCUT2D eigenvalue weighted by molar-refractivity contribution is 0.0363. The molecule has 1 aromatic rings. The monoisotopic (exact) mass is 355 g/mol. The van der Waals surface area contributed by atoms with E-state index in [-0.39, 0.29) is 18.7 Å². The van der Waals surface area contributed by atoms with Crippen molar-refractivity contribution in [3.05, 3.63) is 35.6 Å². The van der Waals surface area contributed by atoms with Crippen molar-refractivity contribution in [3.8, 4) is 6.07 Å². The number of hydrogen-bond acceptors (Lipinski definition) is 5. The van der Waals surface area contributed by atoms with Crippen LogP contribution in [0.25, 0.3) is 0 Å². The van der Waals surface area contributed by atoms with Gasteiger partial charge in [0.15, 0.2) is 0 Å². The lowest BCUT2D eigenvalue weighted by Crippen LogP contribution is -2.43. The quantitative estimate of drug-likeness (QED) is 0.701. The van der Waals surface area contributed by atoms with Gasteiger partial charge in [-0.25, -0.2) is 12.8 Å². The highest BCUT2D eigenvalue weighted by Crippen LogP contribution is 2.13. The Hall–Kier alpha value is -1.53. The van der Waals surface area contributed by atoms with E-state index in [0.717, 1.165) is 13.1 Å². The summed E-state index contributed by atoms with van der Waals surface area (Å²) in [5, 5.41) is 8.78. The SMILES string of the molecule is N#CCCN(CCN1CCOCC1)S(=O)(=O)Cc1cccc(F)c1. The Morgan fingerprint density at radius 2 is 2.04 bits per heavy atom. The summed E-state index contributed by atoms with van der Waals surface area (Å²) in [5.41, 5.74) is 0.406. The smallest absolute Gasteiger partial charge is 0.218 e. The van der Waals surface area contributed by atoms with Gasteiger partial charge >= 0.3 is 0 Å². The first-order chi connectivity index (χ1) is 11.5. The molecule has 0 N–H and O–H groups in total. The minimum atomic E-state index is -3.61. The van der Waals surface area contributed by atoms with Gasteiger partial charge in [0, 0.05) is 39.1 Å². The number of sulfonamides is 1. The fraction of sp³-hybridized carbons (Fsp3) is 0.562. The van der Waals surface area contributed by atoms with E-state index < -0.39 is 15.8 Å². The number of nitrogens with zero attached hydrogens (tertiary/aromatic N) is 3. The standard InChI is InChI=1S/C16H22FN3O3S/c17-16-4-1-3-15(13-16)14-24(21,22)20(6-2-5-18)8-7-19-9-11-23-12-10-19/h1,3-4,13H,2,6-12,14H2. The number of nitriles is 1. The van der Waals surface area contributed by atoms with Crippen LogP contribution < -0.4 is 0 Å². The number of hydrogen-bond donors (Lipinski definition) is 0. The molecule has 8 heteroatoms. The lowest BCUT2D eigenvalue weighted by atomic mass is 10.2. The minimum Gasteiger partial charge on any atom is -0.379 e. The molecular formula is C16H22FN3O3S. The number of morpholine rings is 1. The van der Waals surface area contributed by atoms with Crippen molar-refractivity contribution in [2.75, 3.05) is 45.9 Å². The number of ether oxygens (including phenoxy) is 1. The molecule has 1 aliphatic rings. The van der Waals surface area contributed by atoms with Crippen LogP contribution in [0.15, 0.2) is 24.3 Å². The Kier molecular flexibility index (Phi) is 7.12. The molecule has 0 saturated carbocycles. The summed E-state index contributed by atoms with van der Waals surface area (Å²) in [6.45, 7) is 3.91. The maximum atomic E-state index is 13.3. The zero-order valence-corrected chi connectivity index (χ0v) is 14.3. The van der Waals surface area contributed by atoms with Crippen molar-refractivity contribution in [3.63, 3.8) is 0 Å². The van der Waals surface area contributed by atoms with Gasteiger partial charge in [-0.05, 0) is 17.7 Å². The average Bonchev–Trinajstić information content (AvgIpc) is 2.55. The summed E-state index contributed by atoms with van der Waals surface area (Å²) in [4.78, 5) is 2.14. The van der Waals surface area contributed by atoms with Crippen molar-refractivity contribution in [1.29, 1.82) is 5.26 Å². The molecule has 0 atom stereocenters. The molecule has 1 aliphatic heterocycles. The molecule has 0 radical (unpaired) electrons. The highest BCUT2D eigenvalue weighted by molar-refractivity contribution is 7.88. The van der Waals surface area contributed by atoms with Gasteiger partial charge in [-0.2, -0.15) is 9.57 Å². The molecule has 0 amide bonds. The third kappa shape index (κ3) is 5.83. The fourth-order valence-corrected chi connectivity index (χ4v) is 4.08. The topological polar surface area (TPSA) is 73.6 Å². The van der Waals surface area contributed by atoms with Crippen LogP contribution in [0.4, 0.5) is 4.39 Å². The number of rotatable bonds is 8. The Labute approximate surface area is 142 Å². The van der Waals surface area contributed by atoms with E-state index in [1.54, 1.807) is 6.07 Å². The molecule has 24 heavy (non-hydrogen) atoms. The van der Waals surface area contributed by atoms with Crippen LogP contribution >= 0.6 is 0 Å². The van der Waals surface area contributed by atoms with Crippen LogP contribution in [0.3, 0.4) is 0 Å². The van der Waals surface area contributed by atoms with Crippen LogP contribution in [0.2, 0.25) is 0 Å². The molecule has 1 aromatic carbocycles. The van der Waals surface area contributed by atoms with Gasteiger partial charge in [0.25, 0.3) is 0 Å². The maximum absolute atomic E-state index is 13.3. The Bertz CT molecular complexity index is 669. The van der Waals surface area contributed by atoms with Crippen LogP contribution in [0.5, 0.6) is 0 Å². The molecule has 132 valence electrons. The van der Waals surface area contributed by atoms with Crippen molar-refractivity contribution >= 4 is 10.0 Å². The third-order valence-corrected chi connectivity index (χ3v) is 5.72. The second kappa shape index (κ2) is 9.08. The van der Waals surface area contributed by atoms with Gasteiger partial charge in [-0.1, -0.05) is 12.1 Å². The van der Waals surface area contributed by atoms with E-state index in [1.165, 1.54) is 22.5 Å². The first kappa shape index (κ1) is 18.8. The third-order valence-electron chi connectivity index (χ3n) is 3.87. The molecule has 1 heterocycles. The van der Waals surface area contributed by atoms with E-state index in [0.29, 0.717) is 31.9 Å². The first-order valence-electron chi connectivity index (χ1n) is 7.90. The summed E-state index contributed by atoms with van der Waals surface area (Å²) in [6, 6.07) is 7.57. The molecule has 1 saturated heterocycles. The van der Waals surface area contributed by atoms with Crippen LogP contribution in [-0.2, 0) is 20.5 Å². The van der Waals surface area contributed by atoms with Gasteiger partial charge in [0.2, 0.25) is 10.0 Å². The summed E-state index contributed by atoms with van der Waals surface area (Å²) >= 11 is 0. The fourth-order valence-electron chi connectivity index (χ4n) is 2.57. The summed E-state index contributed by atoms with van der Waals surface area (Å²) < 4.78 is 45.2. The molecule has 0 aliphatic carbocycles. The summed E-state index contributed by atoms with van der Waals surface area (Å²) in [6.07, 6.45) is 0.130. The maximum Gasteiger partial charge on any atom is 0.218 e. The van der Waals surface area contributed by atoms with Crippen molar-refractivity contribution in [2.45, 2.75) is 12.2 Å². The molecule has 0 spiro atoms. The number of benzene rings is 1. The lowest BCUT2D eigenvalue weighted by Gasteiger charge is -2.29. The van der Waals surface area contributed by atoms with Gasteiger partial charge in [-0.15, -0.1) is 0 Å². The normalized spacial score (nSPS) is 16.2. The van der Waals surface area contributed by atoms with Gasteiger partial charge in [0.1, 0.15) is 5.82 Å². The van der Waals surface area contributed by atoms with Crippen molar-refractivity contribution < 1.29 is 17.5 Å². The average molecular weight is 355 g/mol. The van der Waals surface area contributed by atoms with E-state index in [1.807, 2.05) is 6.07 Å². The second-order valence-electron chi connectivity index (χ2n) is 5.65. The van der Waals surface area contributed by atoms with E-state index in [9.17, 15) is 12.8 Å². The molecule has 0 unspecified atom stereocenters. The zero-order chi connectivity index (χ0) is 17.4. The Balaban J connectivity index is 2.02. The Morgan fingerprint density at radius 1 is 1.29 bits per heavy atom. The molecule has 6 nitrogen and oxygen atoms in total. The van der Waals surface area contributed by atoms with E-state index in [4.69, 9.17) is 10.00 Å². The van der Waals surface area contributed by atoms with Crippen molar-refractivity contribution in [1.82, 2.24) is 9.21 Å².